The number of halogens is 1. The van der Waals surface area contributed by atoms with Gasteiger partial charge >= 0.3 is 5.69 Å². The molecule has 1 aliphatic rings. The van der Waals surface area contributed by atoms with Crippen molar-refractivity contribution in [2.45, 2.75) is 0 Å². The van der Waals surface area contributed by atoms with Crippen molar-refractivity contribution in [2.24, 2.45) is 0 Å². The lowest BCUT2D eigenvalue weighted by molar-refractivity contribution is -0.383. The van der Waals surface area contributed by atoms with Crippen molar-refractivity contribution >= 4 is 23.2 Å². The van der Waals surface area contributed by atoms with Gasteiger partial charge in [0.2, 0.25) is 11.6 Å². The van der Waals surface area contributed by atoms with Gasteiger partial charge in [-0.3, -0.25) is 30.7 Å². The van der Waals surface area contributed by atoms with Crippen LogP contribution in [0.2, 0.25) is 0 Å². The molecule has 2 heterocycles. The maximum atomic E-state index is 13.7. The number of aliphatic hydroxyl groups excluding tert-OH is 1. The highest BCUT2D eigenvalue weighted by molar-refractivity contribution is 5.95. The summed E-state index contributed by atoms with van der Waals surface area (Å²) in [5, 5.41) is 20.7. The van der Waals surface area contributed by atoms with Gasteiger partial charge in [0.1, 0.15) is 12.1 Å². The van der Waals surface area contributed by atoms with E-state index in [-0.39, 0.29) is 23.8 Å². The van der Waals surface area contributed by atoms with E-state index in [1.807, 2.05) is 4.90 Å². The third-order valence-corrected chi connectivity index (χ3v) is 4.49. The van der Waals surface area contributed by atoms with Gasteiger partial charge in [0.15, 0.2) is 0 Å². The lowest BCUT2D eigenvalue weighted by Crippen LogP contribution is -2.47. The molecule has 29 heavy (non-hydrogen) atoms. The van der Waals surface area contributed by atoms with Gasteiger partial charge in [-0.25, -0.2) is 14.4 Å². The summed E-state index contributed by atoms with van der Waals surface area (Å²) >= 11 is 0. The van der Waals surface area contributed by atoms with Crippen LogP contribution >= 0.6 is 0 Å². The lowest BCUT2D eigenvalue weighted by atomic mass is 10.2. The molecule has 3 rings (SSSR count). The van der Waals surface area contributed by atoms with Crippen LogP contribution in [0.1, 0.15) is 10.4 Å². The summed E-state index contributed by atoms with van der Waals surface area (Å²) in [7, 11) is 0. The summed E-state index contributed by atoms with van der Waals surface area (Å²) < 4.78 is 13.7. The van der Waals surface area contributed by atoms with Gasteiger partial charge in [0, 0.05) is 32.7 Å². The van der Waals surface area contributed by atoms with Gasteiger partial charge in [0.25, 0.3) is 5.91 Å². The zero-order valence-corrected chi connectivity index (χ0v) is 15.4. The molecule has 1 fully saturated rings. The van der Waals surface area contributed by atoms with Gasteiger partial charge in [-0.2, -0.15) is 0 Å². The Morgan fingerprint density at radius 3 is 2.62 bits per heavy atom. The molecule has 0 saturated carbocycles. The number of β-amino-alcohol motifs (C(OH)–C–C–N with tert-alkyl or cyclic N) is 1. The van der Waals surface area contributed by atoms with E-state index >= 15 is 0 Å². The van der Waals surface area contributed by atoms with Crippen LogP contribution in [0.25, 0.3) is 0 Å². The SMILES string of the molecule is O=C(NNc1ncnc(N2CCN(CCO)CC2)c1[N+](=O)[O-])c1ccccc1F. The molecule has 1 saturated heterocycles. The van der Waals surface area contributed by atoms with Crippen LogP contribution in [-0.2, 0) is 0 Å². The van der Waals surface area contributed by atoms with Crippen molar-refractivity contribution < 1.29 is 19.2 Å². The Kier molecular flexibility index (Phi) is 6.46. The van der Waals surface area contributed by atoms with E-state index in [2.05, 4.69) is 20.8 Å². The Labute approximate surface area is 165 Å². The van der Waals surface area contributed by atoms with Crippen LogP contribution in [0.5, 0.6) is 0 Å². The van der Waals surface area contributed by atoms with Crippen molar-refractivity contribution in [2.75, 3.05) is 49.7 Å². The first-order valence-electron chi connectivity index (χ1n) is 8.89. The van der Waals surface area contributed by atoms with E-state index in [1.54, 1.807) is 4.90 Å². The summed E-state index contributed by atoms with van der Waals surface area (Å²) in [6.45, 7) is 2.79. The molecule has 2 aromatic rings. The van der Waals surface area contributed by atoms with Crippen LogP contribution in [0.3, 0.4) is 0 Å². The molecule has 154 valence electrons. The fourth-order valence-electron chi connectivity index (χ4n) is 3.01. The first-order valence-corrected chi connectivity index (χ1v) is 8.89. The normalized spacial score (nSPS) is 14.5. The van der Waals surface area contributed by atoms with Crippen LogP contribution in [0.15, 0.2) is 30.6 Å². The second kappa shape index (κ2) is 9.21. The number of aromatic nitrogens is 2. The minimum atomic E-state index is -0.796. The minimum absolute atomic E-state index is 0.0451. The Bertz CT molecular complexity index is 890. The van der Waals surface area contributed by atoms with Gasteiger partial charge in [-0.15, -0.1) is 0 Å². The summed E-state index contributed by atoms with van der Waals surface area (Å²) in [5.41, 5.74) is 4.02. The molecule has 0 bridgehead atoms. The number of nitrogens with zero attached hydrogens (tertiary/aromatic N) is 5. The van der Waals surface area contributed by atoms with E-state index in [0.29, 0.717) is 32.7 Å². The number of carbonyl (C=O) groups excluding carboxylic acids is 1. The van der Waals surface area contributed by atoms with E-state index in [9.17, 15) is 19.3 Å². The van der Waals surface area contributed by atoms with Crippen LogP contribution in [0, 0.1) is 15.9 Å². The van der Waals surface area contributed by atoms with Crippen LogP contribution in [-0.4, -0.2) is 70.1 Å². The maximum absolute atomic E-state index is 13.7. The fourth-order valence-corrected chi connectivity index (χ4v) is 3.01. The molecule has 3 N–H and O–H groups in total. The number of hydrazine groups is 1. The second-order valence-electron chi connectivity index (χ2n) is 6.26. The molecule has 1 amide bonds. The summed E-state index contributed by atoms with van der Waals surface area (Å²) in [6, 6.07) is 5.37. The van der Waals surface area contributed by atoms with Gasteiger partial charge < -0.3 is 10.0 Å². The summed E-state index contributed by atoms with van der Waals surface area (Å²) in [5.74, 6) is -1.60. The third-order valence-electron chi connectivity index (χ3n) is 4.49. The zero-order valence-electron chi connectivity index (χ0n) is 15.4. The molecular weight excluding hydrogens is 385 g/mol. The fraction of sp³-hybridized carbons (Fsp3) is 0.353. The first kappa shape index (κ1) is 20.4. The van der Waals surface area contributed by atoms with Gasteiger partial charge in [0.05, 0.1) is 17.1 Å². The highest BCUT2D eigenvalue weighted by Gasteiger charge is 2.29. The number of hydrogen-bond donors (Lipinski definition) is 3. The average molecular weight is 405 g/mol. The number of amides is 1. The van der Waals surface area contributed by atoms with Crippen LogP contribution in [0.4, 0.5) is 21.7 Å². The summed E-state index contributed by atoms with van der Waals surface area (Å²) in [4.78, 5) is 34.9. The number of anilines is 2. The van der Waals surface area contributed by atoms with E-state index in [4.69, 9.17) is 5.11 Å². The van der Waals surface area contributed by atoms with E-state index < -0.39 is 22.3 Å². The molecule has 1 aromatic carbocycles. The van der Waals surface area contributed by atoms with E-state index in [1.165, 1.54) is 18.2 Å². The first-order chi connectivity index (χ1) is 14.0. The van der Waals surface area contributed by atoms with Crippen molar-refractivity contribution in [3.8, 4) is 0 Å². The highest BCUT2D eigenvalue weighted by Crippen LogP contribution is 2.31. The predicted molar refractivity (Wildman–Crippen MR) is 102 cm³/mol. The van der Waals surface area contributed by atoms with Crippen molar-refractivity contribution in [3.63, 3.8) is 0 Å². The number of rotatable bonds is 7. The predicted octanol–water partition coefficient (Wildman–Crippen LogP) is 0.395. The quantitative estimate of drug-likeness (QED) is 0.441. The molecule has 1 aliphatic heterocycles. The number of carbonyl (C=O) groups is 1. The van der Waals surface area contributed by atoms with Gasteiger partial charge in [-0.05, 0) is 12.1 Å². The standard InChI is InChI=1S/C17H20FN7O4/c18-13-4-2-1-3-12(13)17(27)22-21-15-14(25(28)29)16(20-11-19-15)24-7-5-23(6-8-24)9-10-26/h1-4,11,26H,5-10H2,(H,22,27)(H,19,20,21). The van der Waals surface area contributed by atoms with Gasteiger partial charge in [-0.1, -0.05) is 12.1 Å². The monoisotopic (exact) mass is 405 g/mol. The molecule has 0 spiro atoms. The molecule has 1 aromatic heterocycles. The summed E-state index contributed by atoms with van der Waals surface area (Å²) in [6.07, 6.45) is 1.15. The average Bonchev–Trinajstić information content (AvgIpc) is 2.72. The zero-order chi connectivity index (χ0) is 20.8. The molecule has 0 radical (unpaired) electrons. The van der Waals surface area contributed by atoms with Crippen molar-refractivity contribution in [1.82, 2.24) is 20.3 Å². The highest BCUT2D eigenvalue weighted by atomic mass is 19.1. The van der Waals surface area contributed by atoms with Crippen LogP contribution < -0.4 is 15.8 Å². The minimum Gasteiger partial charge on any atom is -0.395 e. The van der Waals surface area contributed by atoms with Crippen molar-refractivity contribution in [3.05, 3.63) is 52.1 Å². The smallest absolute Gasteiger partial charge is 0.355 e. The number of aliphatic hydroxyl groups is 1. The van der Waals surface area contributed by atoms with Crippen molar-refractivity contribution in [1.29, 1.82) is 0 Å². The number of piperazine rings is 1. The third kappa shape index (κ3) is 4.73. The Morgan fingerprint density at radius 2 is 1.97 bits per heavy atom. The Morgan fingerprint density at radius 1 is 1.24 bits per heavy atom. The number of nitro groups is 1. The number of hydrogen-bond acceptors (Lipinski definition) is 9. The second-order valence-corrected chi connectivity index (χ2v) is 6.26. The molecule has 0 unspecified atom stereocenters. The molecule has 11 nitrogen and oxygen atoms in total. The number of benzene rings is 1. The molecule has 0 aliphatic carbocycles. The largest absolute Gasteiger partial charge is 0.395 e. The topological polar surface area (TPSA) is 137 Å². The number of nitrogens with one attached hydrogen (secondary N) is 2. The molecular formula is C17H20FN7O4. The molecule has 0 atom stereocenters. The molecule has 12 heteroatoms. The lowest BCUT2D eigenvalue weighted by Gasteiger charge is -2.34. The Balaban J connectivity index is 1.76. The van der Waals surface area contributed by atoms with E-state index in [0.717, 1.165) is 12.4 Å². The maximum Gasteiger partial charge on any atom is 0.355 e. The Hall–Kier alpha value is -3.38.